The standard InChI is InChI=1S/C24H37N2/c1-2-3-4-5-6-7-8-9-10-14-17-23(24-25-20-21-26-24)19-18-22-15-12-11-13-16-22/h11-13,15-16,20-21,23H,2-10,14,17-19H2,1H3/q+1. The number of hydrogen-bond acceptors (Lipinski definition) is 2. The molecule has 0 spiro atoms. The van der Waals surface area contributed by atoms with E-state index in [-0.39, 0.29) is 0 Å². The summed E-state index contributed by atoms with van der Waals surface area (Å²) in [6, 6.07) is 10.8. The molecule has 2 nitrogen and oxygen atoms in total. The summed E-state index contributed by atoms with van der Waals surface area (Å²) in [6.07, 6.45) is 22.2. The van der Waals surface area contributed by atoms with E-state index >= 15 is 0 Å². The Morgan fingerprint density at radius 3 is 1.92 bits per heavy atom. The second-order valence-corrected chi connectivity index (χ2v) is 7.61. The summed E-state index contributed by atoms with van der Waals surface area (Å²) in [7, 11) is 0. The molecule has 0 amide bonds. The lowest BCUT2D eigenvalue weighted by molar-refractivity contribution is 0.430. The smallest absolute Gasteiger partial charge is 0.0965 e. The van der Waals surface area contributed by atoms with Crippen LogP contribution in [0.25, 0.3) is 0 Å². The Kier molecular flexibility index (Phi) is 10.9. The Bertz CT molecular complexity index is 494. The van der Waals surface area contributed by atoms with Crippen molar-refractivity contribution < 1.29 is 0 Å². The highest BCUT2D eigenvalue weighted by atomic mass is 15.0. The van der Waals surface area contributed by atoms with Crippen LogP contribution in [0, 0.1) is 12.1 Å². The average molecular weight is 354 g/mol. The molecule has 1 atom stereocenters. The van der Waals surface area contributed by atoms with Gasteiger partial charge >= 0.3 is 0 Å². The molecule has 1 aromatic rings. The van der Waals surface area contributed by atoms with Crippen molar-refractivity contribution in [2.45, 2.75) is 90.4 Å². The lowest BCUT2D eigenvalue weighted by Crippen LogP contribution is -2.09. The fraction of sp³-hybridized carbons (Fsp3) is 0.625. The Hall–Kier alpha value is -1.57. The lowest BCUT2D eigenvalue weighted by atomic mass is 9.91. The van der Waals surface area contributed by atoms with E-state index in [0.29, 0.717) is 5.92 Å². The van der Waals surface area contributed by atoms with Crippen molar-refractivity contribution in [3.8, 4) is 0 Å². The molecule has 0 radical (unpaired) electrons. The molecule has 1 aromatic carbocycles. The van der Waals surface area contributed by atoms with Crippen LogP contribution >= 0.6 is 0 Å². The number of rotatable bonds is 15. The van der Waals surface area contributed by atoms with E-state index in [1.165, 1.54) is 76.2 Å². The van der Waals surface area contributed by atoms with Crippen molar-refractivity contribution in [2.75, 3.05) is 0 Å². The Labute approximate surface area is 161 Å². The van der Waals surface area contributed by atoms with Gasteiger partial charge in [-0.15, -0.1) is 0 Å². The van der Waals surface area contributed by atoms with Gasteiger partial charge in [0.25, 0.3) is 0 Å². The molecule has 0 N–H and O–H groups in total. The zero-order valence-electron chi connectivity index (χ0n) is 16.7. The van der Waals surface area contributed by atoms with Crippen LogP contribution in [0.3, 0.4) is 0 Å². The molecule has 1 heterocycles. The maximum atomic E-state index is 4.48. The number of nitrogens with zero attached hydrogens (tertiary/aromatic N) is 2. The van der Waals surface area contributed by atoms with E-state index in [9.17, 15) is 0 Å². The Morgan fingerprint density at radius 2 is 1.31 bits per heavy atom. The van der Waals surface area contributed by atoms with Crippen LogP contribution < -0.4 is 0 Å². The predicted molar refractivity (Wildman–Crippen MR) is 115 cm³/mol. The molecule has 0 bridgehead atoms. The second kappa shape index (κ2) is 13.6. The van der Waals surface area contributed by atoms with Crippen molar-refractivity contribution in [1.29, 1.82) is 0 Å². The van der Waals surface area contributed by atoms with Gasteiger partial charge in [-0.3, -0.25) is 0 Å². The summed E-state index contributed by atoms with van der Waals surface area (Å²) in [5, 5.41) is 0. The number of aryl methyl sites for hydroxylation is 1. The summed E-state index contributed by atoms with van der Waals surface area (Å²) >= 11 is 0. The predicted octanol–water partition coefficient (Wildman–Crippen LogP) is 7.19. The van der Waals surface area contributed by atoms with Gasteiger partial charge in [-0.05, 0) is 24.8 Å². The Balaban J connectivity index is 1.58. The van der Waals surface area contributed by atoms with Crippen molar-refractivity contribution >= 4 is 12.4 Å². The minimum atomic E-state index is 0.513. The van der Waals surface area contributed by atoms with E-state index in [0.717, 1.165) is 19.0 Å². The summed E-state index contributed by atoms with van der Waals surface area (Å²) in [6.45, 7) is 2.29. The number of hydrogen-bond donors (Lipinski definition) is 0. The van der Waals surface area contributed by atoms with E-state index in [2.05, 4.69) is 47.2 Å². The zero-order valence-corrected chi connectivity index (χ0v) is 16.7. The van der Waals surface area contributed by atoms with E-state index in [4.69, 9.17) is 0 Å². The molecule has 1 aliphatic rings. The Morgan fingerprint density at radius 1 is 0.731 bits per heavy atom. The second-order valence-electron chi connectivity index (χ2n) is 7.61. The van der Waals surface area contributed by atoms with Gasteiger partial charge in [-0.2, -0.15) is 0 Å². The van der Waals surface area contributed by atoms with Crippen LogP contribution in [0.4, 0.5) is 0 Å². The SMILES string of the molecule is CCCCCCCCCCCCC(CCc1ccccc1)[C+]1N=CC=N1. The largest absolute Gasteiger partial charge is 0.243 e. The molecule has 0 saturated carbocycles. The van der Waals surface area contributed by atoms with Gasteiger partial charge in [0.05, 0.1) is 5.92 Å². The fourth-order valence-corrected chi connectivity index (χ4v) is 3.73. The maximum absolute atomic E-state index is 4.48. The molecule has 0 aromatic heterocycles. The van der Waals surface area contributed by atoms with Gasteiger partial charge in [-0.1, -0.05) is 111 Å². The third-order valence-corrected chi connectivity index (χ3v) is 5.38. The minimum absolute atomic E-state index is 0.513. The highest BCUT2D eigenvalue weighted by Gasteiger charge is 2.27. The van der Waals surface area contributed by atoms with Crippen LogP contribution in [-0.4, -0.2) is 12.4 Å². The average Bonchev–Trinajstić information content (AvgIpc) is 3.21. The van der Waals surface area contributed by atoms with Gasteiger partial charge in [0.2, 0.25) is 6.17 Å². The van der Waals surface area contributed by atoms with Crippen molar-refractivity contribution in [2.24, 2.45) is 15.9 Å². The van der Waals surface area contributed by atoms with Crippen molar-refractivity contribution in [3.63, 3.8) is 0 Å². The minimum Gasteiger partial charge on any atom is -0.0965 e. The van der Waals surface area contributed by atoms with E-state index in [1.54, 1.807) is 0 Å². The number of benzene rings is 1. The molecule has 142 valence electrons. The van der Waals surface area contributed by atoms with Crippen LogP contribution in [-0.2, 0) is 6.42 Å². The van der Waals surface area contributed by atoms with Crippen LogP contribution in [0.15, 0.2) is 40.3 Å². The summed E-state index contributed by atoms with van der Waals surface area (Å²) in [5.74, 6) is 0.513. The first-order chi connectivity index (χ1) is 12.9. The van der Waals surface area contributed by atoms with Crippen molar-refractivity contribution in [3.05, 3.63) is 42.1 Å². The first-order valence-corrected chi connectivity index (χ1v) is 10.9. The summed E-state index contributed by atoms with van der Waals surface area (Å²) < 4.78 is 0. The van der Waals surface area contributed by atoms with Gasteiger partial charge in [0.15, 0.2) is 12.4 Å². The van der Waals surface area contributed by atoms with E-state index in [1.807, 2.05) is 12.4 Å². The monoisotopic (exact) mass is 353 g/mol. The highest BCUT2D eigenvalue weighted by molar-refractivity contribution is 6.18. The summed E-state index contributed by atoms with van der Waals surface area (Å²) in [4.78, 5) is 8.96. The molecular formula is C24H37N2+. The molecular weight excluding hydrogens is 316 g/mol. The first-order valence-electron chi connectivity index (χ1n) is 10.9. The number of aliphatic imine (C=N–C) groups is 2. The highest BCUT2D eigenvalue weighted by Crippen LogP contribution is 2.29. The quantitative estimate of drug-likeness (QED) is 0.235. The molecule has 1 aliphatic heterocycles. The molecule has 0 fully saturated rings. The topological polar surface area (TPSA) is 24.7 Å². The maximum Gasteiger partial charge on any atom is 0.243 e. The molecule has 26 heavy (non-hydrogen) atoms. The van der Waals surface area contributed by atoms with Gasteiger partial charge < -0.3 is 0 Å². The molecule has 0 aliphatic carbocycles. The third-order valence-electron chi connectivity index (χ3n) is 5.38. The van der Waals surface area contributed by atoms with Gasteiger partial charge in [0, 0.05) is 0 Å². The zero-order chi connectivity index (χ0) is 18.3. The molecule has 1 unspecified atom stereocenters. The van der Waals surface area contributed by atoms with Gasteiger partial charge in [-0.25, -0.2) is 0 Å². The van der Waals surface area contributed by atoms with E-state index < -0.39 is 0 Å². The van der Waals surface area contributed by atoms with Gasteiger partial charge in [0.1, 0.15) is 0 Å². The molecule has 0 saturated heterocycles. The molecule has 2 rings (SSSR count). The normalized spacial score (nSPS) is 14.3. The fourth-order valence-electron chi connectivity index (χ4n) is 3.73. The van der Waals surface area contributed by atoms with Crippen LogP contribution in [0.2, 0.25) is 0 Å². The molecule has 2 heteroatoms. The van der Waals surface area contributed by atoms with Crippen LogP contribution in [0.1, 0.15) is 89.5 Å². The van der Waals surface area contributed by atoms with Crippen molar-refractivity contribution in [1.82, 2.24) is 0 Å². The third kappa shape index (κ3) is 8.69. The van der Waals surface area contributed by atoms with Crippen LogP contribution in [0.5, 0.6) is 0 Å². The number of unbranched alkanes of at least 4 members (excludes halogenated alkanes) is 9. The summed E-state index contributed by atoms with van der Waals surface area (Å²) in [5.41, 5.74) is 1.42. The lowest BCUT2D eigenvalue weighted by Gasteiger charge is -2.14. The first kappa shape index (κ1) is 20.7.